The zero-order valence-corrected chi connectivity index (χ0v) is 27.8. The van der Waals surface area contributed by atoms with Gasteiger partial charge in [0, 0.05) is 29.7 Å². The Morgan fingerprint density at radius 2 is 1.85 bits per heavy atom. The molecule has 0 bridgehead atoms. The second-order valence-electron chi connectivity index (χ2n) is 14.3. The van der Waals surface area contributed by atoms with Crippen molar-refractivity contribution in [2.24, 2.45) is 17.1 Å². The van der Waals surface area contributed by atoms with Gasteiger partial charge in [0.15, 0.2) is 5.78 Å². The van der Waals surface area contributed by atoms with Crippen molar-refractivity contribution in [1.29, 1.82) is 0 Å². The Labute approximate surface area is 279 Å². The van der Waals surface area contributed by atoms with Crippen LogP contribution in [0.1, 0.15) is 71.1 Å². The molecular formula is C36H41FN4O6S. The maximum atomic E-state index is 14.2. The van der Waals surface area contributed by atoms with Crippen LogP contribution in [0, 0.1) is 17.2 Å². The van der Waals surface area contributed by atoms with Crippen LogP contribution in [0.3, 0.4) is 0 Å². The predicted octanol–water partition coefficient (Wildman–Crippen LogP) is 4.69. The van der Waals surface area contributed by atoms with E-state index in [0.29, 0.717) is 36.6 Å². The van der Waals surface area contributed by atoms with Crippen LogP contribution in [-0.4, -0.2) is 65.4 Å². The van der Waals surface area contributed by atoms with Crippen molar-refractivity contribution in [2.45, 2.75) is 94.1 Å². The molecule has 4 aliphatic rings. The van der Waals surface area contributed by atoms with E-state index in [1.165, 1.54) is 17.0 Å². The summed E-state index contributed by atoms with van der Waals surface area (Å²) >= 11 is 0. The average molecular weight is 677 g/mol. The third-order valence-electron chi connectivity index (χ3n) is 10.8. The Kier molecular flexibility index (Phi) is 8.30. The van der Waals surface area contributed by atoms with Gasteiger partial charge in [-0.2, -0.15) is 0 Å². The molecule has 3 aromatic rings. The minimum absolute atomic E-state index is 0.0788. The number of hydrogen-bond donors (Lipinski definition) is 2. The molecule has 2 amide bonds. The van der Waals surface area contributed by atoms with Crippen LogP contribution in [0.5, 0.6) is 5.88 Å². The van der Waals surface area contributed by atoms with E-state index >= 15 is 0 Å². The number of ketones is 1. The molecule has 1 saturated heterocycles. The molecule has 2 saturated carbocycles. The fraction of sp³-hybridized carbons (Fsp3) is 0.500. The highest BCUT2D eigenvalue weighted by atomic mass is 32.2. The molecule has 0 spiro atoms. The molecule has 12 heteroatoms. The number of fused-ring (bicyclic) bond motifs is 5. The molecule has 254 valence electrons. The van der Waals surface area contributed by atoms with Gasteiger partial charge in [-0.3, -0.25) is 19.1 Å². The van der Waals surface area contributed by atoms with Crippen LogP contribution in [0.25, 0.3) is 21.7 Å². The van der Waals surface area contributed by atoms with Gasteiger partial charge >= 0.3 is 0 Å². The lowest BCUT2D eigenvalue weighted by Gasteiger charge is -2.27. The molecule has 48 heavy (non-hydrogen) atoms. The van der Waals surface area contributed by atoms with Gasteiger partial charge in [-0.05, 0) is 75.0 Å². The molecule has 1 aromatic heterocycles. The van der Waals surface area contributed by atoms with Gasteiger partial charge in [0.05, 0.1) is 34.3 Å². The van der Waals surface area contributed by atoms with Crippen molar-refractivity contribution in [1.82, 2.24) is 14.6 Å². The van der Waals surface area contributed by atoms with Crippen molar-refractivity contribution in [3.05, 3.63) is 60.4 Å². The molecule has 7 rings (SSSR count). The van der Waals surface area contributed by atoms with E-state index in [2.05, 4.69) is 9.71 Å². The summed E-state index contributed by atoms with van der Waals surface area (Å²) in [5.74, 6) is -1.82. The number of nitrogens with two attached hydrogens (primary N) is 1. The highest BCUT2D eigenvalue weighted by Gasteiger charge is 2.62. The van der Waals surface area contributed by atoms with Crippen LogP contribution in [-0.2, 0) is 24.4 Å². The van der Waals surface area contributed by atoms with Crippen LogP contribution in [0.15, 0.2) is 54.6 Å². The average Bonchev–Trinajstić information content (AvgIpc) is 3.93. The Morgan fingerprint density at radius 1 is 1.08 bits per heavy atom. The number of Topliss-reactive ketones (excluding diaryl/α,β-unsaturated/α-hetero) is 1. The lowest BCUT2D eigenvalue weighted by Crippen LogP contribution is -2.50. The smallest absolute Gasteiger partial charge is 0.240 e. The second kappa shape index (κ2) is 12.2. The number of ether oxygens (including phenoxy) is 1. The minimum Gasteiger partial charge on any atom is -0.472 e. The number of allylic oxidation sites excluding steroid dienone is 2. The Morgan fingerprint density at radius 3 is 2.62 bits per heavy atom. The molecule has 3 N–H and O–H groups in total. The Balaban J connectivity index is 1.19. The normalized spacial score (nSPS) is 29.8. The molecule has 2 aliphatic carbocycles. The van der Waals surface area contributed by atoms with Crippen molar-refractivity contribution in [3.63, 3.8) is 0 Å². The van der Waals surface area contributed by atoms with E-state index in [4.69, 9.17) is 10.5 Å². The number of benzene rings is 2. The van der Waals surface area contributed by atoms with Crippen molar-refractivity contribution >= 4 is 49.3 Å². The van der Waals surface area contributed by atoms with Crippen LogP contribution in [0.4, 0.5) is 4.39 Å². The summed E-state index contributed by atoms with van der Waals surface area (Å²) in [6.07, 6.45) is 8.28. The molecule has 5 atom stereocenters. The van der Waals surface area contributed by atoms with Crippen LogP contribution >= 0.6 is 0 Å². The minimum atomic E-state index is -3.91. The van der Waals surface area contributed by atoms with Gasteiger partial charge in [-0.1, -0.05) is 43.2 Å². The van der Waals surface area contributed by atoms with Gasteiger partial charge in [0.2, 0.25) is 27.7 Å². The first-order valence-electron chi connectivity index (χ1n) is 16.9. The zero-order chi connectivity index (χ0) is 33.8. The summed E-state index contributed by atoms with van der Waals surface area (Å²) < 4.78 is 48.1. The molecule has 3 fully saturated rings. The van der Waals surface area contributed by atoms with Crippen molar-refractivity contribution in [2.75, 3.05) is 6.54 Å². The summed E-state index contributed by atoms with van der Waals surface area (Å²) in [4.78, 5) is 47.9. The van der Waals surface area contributed by atoms with Gasteiger partial charge in [0.25, 0.3) is 0 Å². The lowest BCUT2D eigenvalue weighted by molar-refractivity contribution is -0.140. The van der Waals surface area contributed by atoms with Crippen molar-refractivity contribution in [3.8, 4) is 5.88 Å². The molecule has 2 aliphatic heterocycles. The Bertz CT molecular complexity index is 1950. The van der Waals surface area contributed by atoms with E-state index < -0.39 is 50.1 Å². The SMILES string of the molecule is CC1(S(=O)(=O)NC(=O)[C@]23CC(=O)[C@@H]4C[C@@H](Oc5nc6cc(F)ccc6c6ccccc56)CN4C(=O)[C@@H](N)CCCCC/C=C\[C@@H]2C3)CC1. The first-order chi connectivity index (χ1) is 22.9. The van der Waals surface area contributed by atoms with Gasteiger partial charge < -0.3 is 15.4 Å². The monoisotopic (exact) mass is 676 g/mol. The number of sulfonamides is 1. The number of carbonyl (C=O) groups is 3. The second-order valence-corrected chi connectivity index (χ2v) is 16.5. The van der Waals surface area contributed by atoms with Crippen LogP contribution < -0.4 is 15.2 Å². The molecule has 2 aromatic carbocycles. The highest BCUT2D eigenvalue weighted by Crippen LogP contribution is 2.57. The summed E-state index contributed by atoms with van der Waals surface area (Å²) in [6.45, 7) is 1.69. The first-order valence-corrected chi connectivity index (χ1v) is 18.4. The first kappa shape index (κ1) is 32.6. The Hall–Kier alpha value is -3.90. The summed E-state index contributed by atoms with van der Waals surface area (Å²) in [5, 5.41) is 2.31. The fourth-order valence-corrected chi connectivity index (χ4v) is 8.66. The fourth-order valence-electron chi connectivity index (χ4n) is 7.33. The third kappa shape index (κ3) is 5.97. The lowest BCUT2D eigenvalue weighted by atomic mass is 9.91. The van der Waals surface area contributed by atoms with Crippen molar-refractivity contribution < 1.29 is 31.9 Å². The van der Waals surface area contributed by atoms with E-state index in [1.807, 2.05) is 36.4 Å². The van der Waals surface area contributed by atoms with E-state index in [1.54, 1.807) is 13.0 Å². The zero-order valence-electron chi connectivity index (χ0n) is 27.0. The topological polar surface area (TPSA) is 149 Å². The number of carbonyl (C=O) groups excluding carboxylic acids is 3. The number of pyridine rings is 1. The van der Waals surface area contributed by atoms with Crippen LogP contribution in [0.2, 0.25) is 0 Å². The van der Waals surface area contributed by atoms with Gasteiger partial charge in [0.1, 0.15) is 11.9 Å². The quantitative estimate of drug-likeness (QED) is 0.292. The van der Waals surface area contributed by atoms with Gasteiger partial charge in [-0.25, -0.2) is 17.8 Å². The number of nitrogens with zero attached hydrogens (tertiary/aromatic N) is 2. The summed E-state index contributed by atoms with van der Waals surface area (Å²) in [7, 11) is -3.91. The molecule has 0 radical (unpaired) electrons. The maximum absolute atomic E-state index is 14.2. The number of aromatic nitrogens is 1. The molecular weight excluding hydrogens is 635 g/mol. The predicted molar refractivity (Wildman–Crippen MR) is 179 cm³/mol. The number of nitrogens with one attached hydrogen (secondary N) is 1. The summed E-state index contributed by atoms with van der Waals surface area (Å²) in [5.41, 5.74) is 5.60. The van der Waals surface area contributed by atoms with E-state index in [0.717, 1.165) is 36.5 Å². The summed E-state index contributed by atoms with van der Waals surface area (Å²) in [6, 6.07) is 10.2. The maximum Gasteiger partial charge on any atom is 0.240 e. The number of halogens is 1. The molecule has 10 nitrogen and oxygen atoms in total. The molecule has 3 heterocycles. The number of hydrogen-bond acceptors (Lipinski definition) is 8. The standard InChI is InChI=1S/C36H41FN4O6S/c1-35(15-16-35)48(45,46)40-34(44)36-19-22(36)9-5-3-2-4-6-12-28(38)33(43)41-21-24(18-30(41)31(42)20-36)47-32-27-11-8-7-10-25(27)26-14-13-23(37)17-29(26)39-32/h5,7-11,13-14,17,22,24,28,30H,2-4,6,12,15-16,18-21,38H2,1H3,(H,40,44)/b9-5-/t22-,24-,28+,30+,36-/m1/s1. The van der Waals surface area contributed by atoms with E-state index in [-0.39, 0.29) is 42.9 Å². The molecule has 0 unspecified atom stereocenters. The number of amides is 2. The van der Waals surface area contributed by atoms with Gasteiger partial charge in [-0.15, -0.1) is 0 Å². The highest BCUT2D eigenvalue weighted by molar-refractivity contribution is 7.91. The van der Waals surface area contributed by atoms with E-state index in [9.17, 15) is 27.2 Å². The largest absolute Gasteiger partial charge is 0.472 e. The number of rotatable bonds is 5. The third-order valence-corrected chi connectivity index (χ3v) is 13.0.